The molecular weight excluding hydrogens is 483 g/mol. The van der Waals surface area contributed by atoms with Crippen molar-refractivity contribution in [2.45, 2.75) is 32.3 Å². The van der Waals surface area contributed by atoms with Gasteiger partial charge in [-0.15, -0.1) is 0 Å². The Kier molecular flexibility index (Phi) is 8.18. The fourth-order valence-corrected chi connectivity index (χ4v) is 4.12. The van der Waals surface area contributed by atoms with Crippen LogP contribution >= 0.6 is 0 Å². The molecular formula is C25H27FN6O5. The first-order valence-corrected chi connectivity index (χ1v) is 11.9. The maximum atomic E-state index is 13.5. The van der Waals surface area contributed by atoms with Crippen molar-refractivity contribution < 1.29 is 27.9 Å². The third kappa shape index (κ3) is 5.64. The number of fused-ring (bicyclic) bond motifs is 1. The second kappa shape index (κ2) is 11.7. The van der Waals surface area contributed by atoms with E-state index in [-0.39, 0.29) is 47.7 Å². The van der Waals surface area contributed by atoms with Crippen molar-refractivity contribution in [1.82, 2.24) is 15.4 Å². The highest BCUT2D eigenvalue weighted by molar-refractivity contribution is 6.37. The number of rotatable bonds is 10. The topological polar surface area (TPSA) is 143 Å². The molecule has 0 aromatic carbocycles. The number of ether oxygens (including phenoxy) is 2. The van der Waals surface area contributed by atoms with Crippen molar-refractivity contribution in [3.05, 3.63) is 53.4 Å². The molecule has 11 nitrogen and oxygen atoms in total. The number of pyridine rings is 2. The van der Waals surface area contributed by atoms with E-state index in [9.17, 15) is 14.0 Å². The zero-order valence-electron chi connectivity index (χ0n) is 20.5. The lowest BCUT2D eigenvalue weighted by atomic mass is 10.1. The number of hydrogen-bond donors (Lipinski definition) is 2. The van der Waals surface area contributed by atoms with Crippen molar-refractivity contribution >= 4 is 40.6 Å². The van der Waals surface area contributed by atoms with Gasteiger partial charge < -0.3 is 24.7 Å². The van der Waals surface area contributed by atoms with Crippen LogP contribution in [0.3, 0.4) is 0 Å². The second-order valence-electron chi connectivity index (χ2n) is 8.19. The van der Waals surface area contributed by atoms with Gasteiger partial charge in [-0.25, -0.2) is 14.8 Å². The van der Waals surface area contributed by atoms with E-state index in [0.717, 1.165) is 31.3 Å². The molecule has 1 fully saturated rings. The molecule has 3 aromatic rings. The molecule has 0 saturated carbocycles. The van der Waals surface area contributed by atoms with Crippen LogP contribution in [0, 0.1) is 11.4 Å². The number of carbonyl (C=O) groups excluding carboxylic acids is 2. The van der Waals surface area contributed by atoms with Crippen LogP contribution in [0.2, 0.25) is 0 Å². The summed E-state index contributed by atoms with van der Waals surface area (Å²) in [6, 6.07) is 3.99. The number of hydrogen-bond acceptors (Lipinski definition) is 10. The third-order valence-electron chi connectivity index (χ3n) is 5.84. The Morgan fingerprint density at radius 1 is 1.32 bits per heavy atom. The molecule has 4 rings (SSSR count). The predicted octanol–water partition coefficient (Wildman–Crippen LogP) is 3.70. The van der Waals surface area contributed by atoms with Crippen LogP contribution < -0.4 is 10.3 Å². The highest BCUT2D eigenvalue weighted by atomic mass is 19.1. The lowest BCUT2D eigenvalue weighted by molar-refractivity contribution is 0.101. The van der Waals surface area contributed by atoms with Crippen molar-refractivity contribution in [2.24, 2.45) is 5.10 Å². The fourth-order valence-electron chi connectivity index (χ4n) is 4.12. The molecule has 0 bridgehead atoms. The molecule has 0 spiro atoms. The molecule has 0 radical (unpaired) electrons. The van der Waals surface area contributed by atoms with E-state index in [1.165, 1.54) is 17.2 Å². The van der Waals surface area contributed by atoms with Gasteiger partial charge in [0, 0.05) is 49.9 Å². The van der Waals surface area contributed by atoms with Gasteiger partial charge in [-0.2, -0.15) is 9.49 Å². The summed E-state index contributed by atoms with van der Waals surface area (Å²) in [5.74, 6) is -1.51. The van der Waals surface area contributed by atoms with Gasteiger partial charge in [0.2, 0.25) is 23.2 Å². The molecule has 12 heteroatoms. The number of anilines is 1. The second-order valence-corrected chi connectivity index (χ2v) is 8.19. The zero-order valence-corrected chi connectivity index (χ0v) is 20.5. The highest BCUT2D eigenvalue weighted by Gasteiger charge is 2.32. The summed E-state index contributed by atoms with van der Waals surface area (Å²) in [6.45, 7) is 2.65. The van der Waals surface area contributed by atoms with Crippen molar-refractivity contribution in [3.63, 3.8) is 0 Å². The molecule has 1 atom stereocenters. The van der Waals surface area contributed by atoms with Gasteiger partial charge in [-0.3, -0.25) is 9.69 Å². The number of amides is 1. The summed E-state index contributed by atoms with van der Waals surface area (Å²) in [6.07, 6.45) is 5.21. The Balaban J connectivity index is 1.88. The fraction of sp³-hybridized carbons (Fsp3) is 0.360. The number of carbonyl (C=O) groups is 2. The Morgan fingerprint density at radius 3 is 2.78 bits per heavy atom. The molecule has 1 saturated heterocycles. The number of nitrogens with one attached hydrogen (secondary N) is 2. The quantitative estimate of drug-likeness (QED) is 0.182. The Labute approximate surface area is 212 Å². The maximum absolute atomic E-state index is 13.5. The first kappa shape index (κ1) is 25.9. The summed E-state index contributed by atoms with van der Waals surface area (Å²) in [4.78, 5) is 35.9. The SMILES string of the molecule is CCOC(=O)N(CCC1CCCO1)c1c(C(=O)c2ccc(F)nc2)oc2ncc(/C(C=N)=N/NC)cc12. The molecule has 1 aliphatic heterocycles. The zero-order chi connectivity index (χ0) is 26.4. The summed E-state index contributed by atoms with van der Waals surface area (Å²) in [5.41, 5.74) is 3.70. The average Bonchev–Trinajstić information content (AvgIpc) is 3.56. The third-order valence-corrected chi connectivity index (χ3v) is 5.84. The number of hydrazone groups is 1. The minimum Gasteiger partial charge on any atom is -0.449 e. The van der Waals surface area contributed by atoms with E-state index < -0.39 is 17.8 Å². The maximum Gasteiger partial charge on any atom is 0.414 e. The number of ketones is 1. The van der Waals surface area contributed by atoms with E-state index >= 15 is 0 Å². The largest absolute Gasteiger partial charge is 0.449 e. The van der Waals surface area contributed by atoms with E-state index in [1.807, 2.05) is 0 Å². The molecule has 0 aliphatic carbocycles. The number of aromatic nitrogens is 2. The van der Waals surface area contributed by atoms with Gasteiger partial charge in [-0.1, -0.05) is 0 Å². The van der Waals surface area contributed by atoms with Crippen LogP contribution in [-0.2, 0) is 9.47 Å². The standard InChI is InChI=1S/C25H27FN6O5/c1-3-35-25(34)32(9-8-17-5-4-10-36-17)21-18-11-16(19(12-27)31-28-2)14-30-24(18)37-23(21)22(33)15-6-7-20(26)29-13-15/h6-7,11-14,17,27-28H,3-5,8-10H2,1-2H3/b27-12?,31-19+. The predicted molar refractivity (Wildman–Crippen MR) is 134 cm³/mol. The minimum absolute atomic E-state index is 0.0310. The number of furan rings is 1. The van der Waals surface area contributed by atoms with Crippen molar-refractivity contribution in [2.75, 3.05) is 31.7 Å². The molecule has 2 N–H and O–H groups in total. The molecule has 194 valence electrons. The summed E-state index contributed by atoms with van der Waals surface area (Å²) in [5, 5.41) is 12.1. The molecule has 3 aromatic heterocycles. The van der Waals surface area contributed by atoms with E-state index in [1.54, 1.807) is 20.0 Å². The van der Waals surface area contributed by atoms with E-state index in [4.69, 9.17) is 19.3 Å². The summed E-state index contributed by atoms with van der Waals surface area (Å²) >= 11 is 0. The first-order valence-electron chi connectivity index (χ1n) is 11.9. The number of nitrogens with zero attached hydrogens (tertiary/aromatic N) is 4. The van der Waals surface area contributed by atoms with Gasteiger partial charge in [0.15, 0.2) is 0 Å². The van der Waals surface area contributed by atoms with Gasteiger partial charge in [0.05, 0.1) is 18.1 Å². The van der Waals surface area contributed by atoms with Crippen LogP contribution in [-0.4, -0.2) is 66.7 Å². The smallest absolute Gasteiger partial charge is 0.414 e. The van der Waals surface area contributed by atoms with Crippen LogP contribution in [0.1, 0.15) is 47.9 Å². The van der Waals surface area contributed by atoms with Crippen molar-refractivity contribution in [1.29, 1.82) is 5.41 Å². The lowest BCUT2D eigenvalue weighted by Gasteiger charge is -2.23. The van der Waals surface area contributed by atoms with E-state index in [0.29, 0.717) is 24.0 Å². The van der Waals surface area contributed by atoms with Crippen LogP contribution in [0.4, 0.5) is 14.9 Å². The van der Waals surface area contributed by atoms with Gasteiger partial charge >= 0.3 is 6.09 Å². The Hall–Kier alpha value is -4.19. The molecule has 1 aliphatic rings. The highest BCUT2D eigenvalue weighted by Crippen LogP contribution is 2.36. The van der Waals surface area contributed by atoms with Crippen LogP contribution in [0.5, 0.6) is 0 Å². The Morgan fingerprint density at radius 2 is 2.14 bits per heavy atom. The normalized spacial score (nSPS) is 15.5. The monoisotopic (exact) mass is 510 g/mol. The van der Waals surface area contributed by atoms with Gasteiger partial charge in [0.25, 0.3) is 0 Å². The molecule has 37 heavy (non-hydrogen) atoms. The summed E-state index contributed by atoms with van der Waals surface area (Å²) < 4.78 is 30.3. The van der Waals surface area contributed by atoms with Crippen LogP contribution in [0.15, 0.2) is 40.1 Å². The molecule has 1 amide bonds. The van der Waals surface area contributed by atoms with E-state index in [2.05, 4.69) is 20.5 Å². The number of halogens is 1. The average molecular weight is 511 g/mol. The van der Waals surface area contributed by atoms with Crippen molar-refractivity contribution in [3.8, 4) is 0 Å². The minimum atomic E-state index is -0.736. The lowest BCUT2D eigenvalue weighted by Crippen LogP contribution is -2.35. The van der Waals surface area contributed by atoms with Gasteiger partial charge in [0.1, 0.15) is 11.4 Å². The molecule has 4 heterocycles. The Bertz CT molecular complexity index is 1320. The molecule has 1 unspecified atom stereocenters. The van der Waals surface area contributed by atoms with Gasteiger partial charge in [-0.05, 0) is 44.4 Å². The first-order chi connectivity index (χ1) is 18.0. The van der Waals surface area contributed by atoms with Crippen LogP contribution in [0.25, 0.3) is 11.1 Å². The summed E-state index contributed by atoms with van der Waals surface area (Å²) in [7, 11) is 1.60.